The van der Waals surface area contributed by atoms with Gasteiger partial charge in [0.25, 0.3) is 0 Å². The number of fused-ring (bicyclic) bond motifs is 6. The Hall–Kier alpha value is -5.66. The van der Waals surface area contributed by atoms with Crippen molar-refractivity contribution in [1.29, 1.82) is 0 Å². The Balaban J connectivity index is 1.47. The molecule has 0 bridgehead atoms. The molecule has 1 nitrogen and oxygen atoms in total. The fourth-order valence-electron chi connectivity index (χ4n) is 6.46. The molecule has 0 atom stereocenters. The molecule has 1 aromatic heterocycles. The van der Waals surface area contributed by atoms with E-state index in [-0.39, 0.29) is 45.7 Å². The Labute approximate surface area is 260 Å². The van der Waals surface area contributed by atoms with Gasteiger partial charge in [-0.25, -0.2) is 0 Å². The largest absolute Gasteiger partial charge is 0.456 e. The van der Waals surface area contributed by atoms with E-state index in [0.717, 1.165) is 27.3 Å². The predicted octanol–water partition coefficient (Wildman–Crippen LogP) is 12.0. The number of rotatable bonds is 3. The highest BCUT2D eigenvalue weighted by Gasteiger charge is 2.20. The van der Waals surface area contributed by atoms with Gasteiger partial charge >= 0.3 is 0 Å². The van der Waals surface area contributed by atoms with Crippen molar-refractivity contribution in [2.45, 2.75) is 0 Å². The molecule has 0 aliphatic heterocycles. The lowest BCUT2D eigenvalue weighted by atomic mass is 9.84. The molecule has 0 aliphatic rings. The van der Waals surface area contributed by atoms with Crippen LogP contribution in [0.4, 0.5) is 0 Å². The van der Waals surface area contributed by atoms with Crippen molar-refractivity contribution in [2.24, 2.45) is 0 Å². The fraction of sp³-hybridized carbons (Fsp3) is 0. The van der Waals surface area contributed by atoms with Crippen LogP contribution in [0.3, 0.4) is 0 Å². The molecule has 0 amide bonds. The van der Waals surface area contributed by atoms with Crippen LogP contribution in [0.25, 0.3) is 87.6 Å². The number of hydrogen-bond acceptors (Lipinski definition) is 1. The van der Waals surface area contributed by atoms with Gasteiger partial charge in [-0.3, -0.25) is 0 Å². The summed E-state index contributed by atoms with van der Waals surface area (Å²) in [6.45, 7) is 0. The van der Waals surface area contributed by atoms with Crippen molar-refractivity contribution < 1.29 is 15.4 Å². The number of furan rings is 1. The predicted molar refractivity (Wildman–Crippen MR) is 183 cm³/mol. The molecule has 0 saturated heterocycles. The standard InChI is InChI=1S/C42H26O/c1-2-13-30-27(11-1)12-9-19-31(30)28-23-25-29(26-24-28)40-32-14-3-5-16-34(32)41(35-17-6-4-15-33(35)40)37-20-10-22-39-42(37)36-18-7-8-21-38(36)43-39/h1-26H/i3D,4D,5D,6D,14D,15D,16D,17D. The van der Waals surface area contributed by atoms with Gasteiger partial charge in [0.15, 0.2) is 0 Å². The van der Waals surface area contributed by atoms with Crippen molar-refractivity contribution in [3.63, 3.8) is 0 Å². The minimum atomic E-state index is -0.435. The van der Waals surface area contributed by atoms with Gasteiger partial charge in [-0.2, -0.15) is 0 Å². The van der Waals surface area contributed by atoms with E-state index in [1.807, 2.05) is 84.9 Å². The number of hydrogen-bond donors (Lipinski definition) is 0. The van der Waals surface area contributed by atoms with Gasteiger partial charge in [0.1, 0.15) is 11.2 Å². The average Bonchev–Trinajstić information content (AvgIpc) is 3.55. The van der Waals surface area contributed by atoms with E-state index in [4.69, 9.17) is 9.90 Å². The smallest absolute Gasteiger partial charge is 0.136 e. The zero-order chi connectivity index (χ0) is 35.3. The quantitative estimate of drug-likeness (QED) is 0.198. The van der Waals surface area contributed by atoms with Gasteiger partial charge in [0, 0.05) is 10.8 Å². The highest BCUT2D eigenvalue weighted by molar-refractivity contribution is 6.25. The number of benzene rings is 8. The van der Waals surface area contributed by atoms with E-state index in [2.05, 4.69) is 18.2 Å². The molecule has 0 aliphatic carbocycles. The summed E-state index contributed by atoms with van der Waals surface area (Å²) in [4.78, 5) is 0. The first-order chi connectivity index (χ1) is 24.7. The summed E-state index contributed by atoms with van der Waals surface area (Å²) in [5.41, 5.74) is 4.84. The summed E-state index contributed by atoms with van der Waals surface area (Å²) in [5.74, 6) is 0. The van der Waals surface area contributed by atoms with E-state index >= 15 is 0 Å². The first kappa shape index (κ1) is 17.3. The molecular weight excluding hydrogens is 520 g/mol. The molecule has 0 fully saturated rings. The highest BCUT2D eigenvalue weighted by Crippen LogP contribution is 2.47. The first-order valence-corrected chi connectivity index (χ1v) is 14.1. The third kappa shape index (κ3) is 3.65. The summed E-state index contributed by atoms with van der Waals surface area (Å²) in [5, 5.41) is 4.33. The van der Waals surface area contributed by atoms with Crippen molar-refractivity contribution in [3.8, 4) is 33.4 Å². The SMILES string of the molecule is [2H]c1c([2H])c([2H])c2c(-c3cccc4oc5ccccc5c34)c3c([2H])c([2H])c([2H])c([2H])c3c(-c3ccc(-c4cccc5ccccc45)cc3)c2c1[2H]. The minimum absolute atomic E-state index is 0.171. The zero-order valence-corrected chi connectivity index (χ0v) is 22.8. The maximum atomic E-state index is 9.32. The lowest BCUT2D eigenvalue weighted by molar-refractivity contribution is 0.669. The van der Waals surface area contributed by atoms with Crippen LogP contribution in [0.15, 0.2) is 162 Å². The Morgan fingerprint density at radius 1 is 0.395 bits per heavy atom. The van der Waals surface area contributed by atoms with Gasteiger partial charge in [0.2, 0.25) is 0 Å². The molecule has 9 aromatic rings. The second kappa shape index (κ2) is 9.44. The molecule has 1 heteroatoms. The van der Waals surface area contributed by atoms with Crippen LogP contribution in [-0.4, -0.2) is 0 Å². The van der Waals surface area contributed by atoms with Gasteiger partial charge < -0.3 is 4.42 Å². The van der Waals surface area contributed by atoms with Crippen molar-refractivity contribution in [1.82, 2.24) is 0 Å². The van der Waals surface area contributed by atoms with Gasteiger partial charge in [-0.15, -0.1) is 0 Å². The van der Waals surface area contributed by atoms with Crippen molar-refractivity contribution in [3.05, 3.63) is 158 Å². The minimum Gasteiger partial charge on any atom is -0.456 e. The lowest BCUT2D eigenvalue weighted by Gasteiger charge is -2.18. The molecule has 200 valence electrons. The maximum Gasteiger partial charge on any atom is 0.136 e. The zero-order valence-electron chi connectivity index (χ0n) is 30.8. The van der Waals surface area contributed by atoms with Gasteiger partial charge in [0.05, 0.1) is 11.0 Å². The topological polar surface area (TPSA) is 13.1 Å². The van der Waals surface area contributed by atoms with Gasteiger partial charge in [-0.1, -0.05) is 145 Å². The van der Waals surface area contributed by atoms with Crippen molar-refractivity contribution >= 4 is 54.3 Å². The summed E-state index contributed by atoms with van der Waals surface area (Å²) < 4.78 is 78.5. The van der Waals surface area contributed by atoms with Crippen LogP contribution in [0, 0.1) is 0 Å². The first-order valence-electron chi connectivity index (χ1n) is 18.1. The molecule has 0 saturated carbocycles. The molecule has 0 radical (unpaired) electrons. The van der Waals surface area contributed by atoms with Crippen LogP contribution < -0.4 is 0 Å². The summed E-state index contributed by atoms with van der Waals surface area (Å²) in [6.07, 6.45) is 0. The van der Waals surface area contributed by atoms with E-state index in [1.165, 1.54) is 0 Å². The van der Waals surface area contributed by atoms with Crippen LogP contribution >= 0.6 is 0 Å². The molecule has 1 heterocycles. The highest BCUT2D eigenvalue weighted by atomic mass is 16.3. The summed E-state index contributed by atoms with van der Waals surface area (Å²) in [7, 11) is 0. The van der Waals surface area contributed by atoms with Gasteiger partial charge in [-0.05, 0) is 77.8 Å². The summed E-state index contributed by atoms with van der Waals surface area (Å²) >= 11 is 0. The second-order valence-corrected chi connectivity index (χ2v) is 10.6. The normalized spacial score (nSPS) is 14.3. The molecule has 8 aromatic carbocycles. The molecule has 43 heavy (non-hydrogen) atoms. The van der Waals surface area contributed by atoms with Crippen LogP contribution in [0.5, 0.6) is 0 Å². The summed E-state index contributed by atoms with van der Waals surface area (Å²) in [6, 6.07) is 31.8. The maximum absolute atomic E-state index is 9.32. The molecular formula is C42H26O. The third-order valence-corrected chi connectivity index (χ3v) is 8.32. The van der Waals surface area contributed by atoms with Crippen LogP contribution in [0.1, 0.15) is 11.0 Å². The fourth-order valence-corrected chi connectivity index (χ4v) is 6.46. The Morgan fingerprint density at radius 2 is 0.930 bits per heavy atom. The van der Waals surface area contributed by atoms with Crippen LogP contribution in [0.2, 0.25) is 0 Å². The van der Waals surface area contributed by atoms with E-state index < -0.39 is 24.2 Å². The van der Waals surface area contributed by atoms with E-state index in [9.17, 15) is 5.48 Å². The molecule has 9 rings (SSSR count). The molecule has 0 unspecified atom stereocenters. The van der Waals surface area contributed by atoms with Crippen molar-refractivity contribution in [2.75, 3.05) is 0 Å². The Morgan fingerprint density at radius 3 is 1.67 bits per heavy atom. The van der Waals surface area contributed by atoms with E-state index in [0.29, 0.717) is 38.8 Å². The average molecular weight is 555 g/mol. The van der Waals surface area contributed by atoms with Crippen LogP contribution in [-0.2, 0) is 0 Å². The lowest BCUT2D eigenvalue weighted by Crippen LogP contribution is -1.91. The number of para-hydroxylation sites is 1. The second-order valence-electron chi connectivity index (χ2n) is 10.6. The monoisotopic (exact) mass is 554 g/mol. The Bertz CT molecular complexity index is 2860. The molecule has 0 spiro atoms. The Kier molecular flexibility index (Phi) is 3.80. The molecule has 0 N–H and O–H groups in total. The third-order valence-electron chi connectivity index (χ3n) is 8.32. The van der Waals surface area contributed by atoms with E-state index in [1.54, 1.807) is 6.07 Å².